The van der Waals surface area contributed by atoms with Gasteiger partial charge in [-0.3, -0.25) is 19.2 Å². The summed E-state index contributed by atoms with van der Waals surface area (Å²) in [5.41, 5.74) is 4.98. The lowest BCUT2D eigenvalue weighted by Gasteiger charge is -2.36. The Kier molecular flexibility index (Phi) is 8.98. The third-order valence-electron chi connectivity index (χ3n) is 7.90. The van der Waals surface area contributed by atoms with Gasteiger partial charge in [-0.1, -0.05) is 30.3 Å². The largest absolute Gasteiger partial charge is 0.492 e. The number of rotatable bonds is 7. The SMILES string of the molecule is CC(=O)Oc1ccc(C2=Cc3cc(C4c5ccc(OC(C)=O)cc5OCC4c4ccc(OC(C)=O)cc4)c(OC(C)=O)cc3OC2)cc1. The monoisotopic (exact) mass is 648 g/mol. The molecule has 0 amide bonds. The Morgan fingerprint density at radius 2 is 1.19 bits per heavy atom. The van der Waals surface area contributed by atoms with Crippen LogP contribution in [0.15, 0.2) is 78.9 Å². The minimum absolute atomic E-state index is 0.247. The summed E-state index contributed by atoms with van der Waals surface area (Å²) in [5.74, 6) is 0.197. The molecule has 2 heterocycles. The molecule has 0 radical (unpaired) electrons. The Morgan fingerprint density at radius 3 is 1.81 bits per heavy atom. The van der Waals surface area contributed by atoms with Crippen LogP contribution in [0.5, 0.6) is 34.5 Å². The fraction of sp³-hybridized carbons (Fsp3) is 0.211. The molecule has 0 spiro atoms. The molecule has 0 bridgehead atoms. The van der Waals surface area contributed by atoms with Crippen molar-refractivity contribution in [1.82, 2.24) is 0 Å². The molecule has 2 aliphatic rings. The van der Waals surface area contributed by atoms with Gasteiger partial charge >= 0.3 is 23.9 Å². The number of carbonyl (C=O) groups excluding carboxylic acids is 4. The highest BCUT2D eigenvalue weighted by molar-refractivity contribution is 5.87. The second-order valence-corrected chi connectivity index (χ2v) is 11.4. The first-order chi connectivity index (χ1) is 23.0. The van der Waals surface area contributed by atoms with Crippen LogP contribution in [0.3, 0.4) is 0 Å². The first-order valence-corrected chi connectivity index (χ1v) is 15.3. The van der Waals surface area contributed by atoms with Gasteiger partial charge in [-0.05, 0) is 59.2 Å². The van der Waals surface area contributed by atoms with Crippen LogP contribution in [0.2, 0.25) is 0 Å². The van der Waals surface area contributed by atoms with Crippen molar-refractivity contribution in [3.05, 3.63) is 107 Å². The van der Waals surface area contributed by atoms with E-state index in [1.807, 2.05) is 42.5 Å². The zero-order chi connectivity index (χ0) is 33.9. The van der Waals surface area contributed by atoms with Gasteiger partial charge in [0.15, 0.2) is 0 Å². The van der Waals surface area contributed by atoms with Gasteiger partial charge in [-0.15, -0.1) is 0 Å². The van der Waals surface area contributed by atoms with Crippen LogP contribution >= 0.6 is 0 Å². The number of hydrogen-bond donors (Lipinski definition) is 0. The molecule has 0 fully saturated rings. The molecular formula is C38H32O10. The smallest absolute Gasteiger partial charge is 0.308 e. The maximum atomic E-state index is 12.4. The maximum absolute atomic E-state index is 12.4. The van der Waals surface area contributed by atoms with Gasteiger partial charge in [-0.2, -0.15) is 0 Å². The van der Waals surface area contributed by atoms with E-state index in [0.29, 0.717) is 40.1 Å². The van der Waals surface area contributed by atoms with Crippen molar-refractivity contribution in [1.29, 1.82) is 0 Å². The highest BCUT2D eigenvalue weighted by Gasteiger charge is 2.37. The van der Waals surface area contributed by atoms with Gasteiger partial charge in [0.2, 0.25) is 0 Å². The van der Waals surface area contributed by atoms with Crippen LogP contribution in [-0.4, -0.2) is 37.1 Å². The molecule has 0 aromatic heterocycles. The molecule has 2 aliphatic heterocycles. The number of carbonyl (C=O) groups is 4. The Hall–Kier alpha value is -5.90. The van der Waals surface area contributed by atoms with Gasteiger partial charge < -0.3 is 28.4 Å². The maximum Gasteiger partial charge on any atom is 0.308 e. The van der Waals surface area contributed by atoms with Crippen LogP contribution in [0.1, 0.15) is 67.3 Å². The van der Waals surface area contributed by atoms with Crippen molar-refractivity contribution in [3.8, 4) is 34.5 Å². The highest BCUT2D eigenvalue weighted by Crippen LogP contribution is 2.51. The normalized spacial score (nSPS) is 16.1. The molecule has 4 aromatic carbocycles. The zero-order valence-corrected chi connectivity index (χ0v) is 26.7. The van der Waals surface area contributed by atoms with E-state index in [0.717, 1.165) is 27.8 Å². The molecule has 0 N–H and O–H groups in total. The Balaban J connectivity index is 1.47. The fourth-order valence-corrected chi connectivity index (χ4v) is 6.01. The van der Waals surface area contributed by atoms with Crippen molar-refractivity contribution in [2.24, 2.45) is 0 Å². The summed E-state index contributed by atoms with van der Waals surface area (Å²) in [6.45, 7) is 5.88. The van der Waals surface area contributed by atoms with E-state index in [4.69, 9.17) is 28.4 Å². The van der Waals surface area contributed by atoms with Crippen LogP contribution in [0.4, 0.5) is 0 Å². The fourth-order valence-electron chi connectivity index (χ4n) is 6.01. The third-order valence-corrected chi connectivity index (χ3v) is 7.90. The van der Waals surface area contributed by atoms with Crippen molar-refractivity contribution in [2.75, 3.05) is 13.2 Å². The highest BCUT2D eigenvalue weighted by atomic mass is 16.5. The molecule has 0 saturated heterocycles. The first-order valence-electron chi connectivity index (χ1n) is 15.3. The lowest BCUT2D eigenvalue weighted by atomic mass is 9.75. The number of hydrogen-bond acceptors (Lipinski definition) is 10. The number of esters is 4. The van der Waals surface area contributed by atoms with Crippen molar-refractivity contribution in [2.45, 2.75) is 39.5 Å². The molecule has 0 saturated carbocycles. The average molecular weight is 649 g/mol. The van der Waals surface area contributed by atoms with E-state index in [2.05, 4.69) is 0 Å². The lowest BCUT2D eigenvalue weighted by Crippen LogP contribution is -2.26. The summed E-state index contributed by atoms with van der Waals surface area (Å²) in [5, 5.41) is 0. The zero-order valence-electron chi connectivity index (χ0n) is 26.7. The number of fused-ring (bicyclic) bond motifs is 2. The van der Waals surface area contributed by atoms with Gasteiger partial charge in [0, 0.05) is 68.4 Å². The Morgan fingerprint density at radius 1 is 0.604 bits per heavy atom. The first kappa shape index (κ1) is 32.1. The molecule has 2 atom stereocenters. The van der Waals surface area contributed by atoms with Crippen LogP contribution in [0.25, 0.3) is 11.6 Å². The van der Waals surface area contributed by atoms with Crippen LogP contribution in [0, 0.1) is 0 Å². The van der Waals surface area contributed by atoms with E-state index in [1.165, 1.54) is 27.7 Å². The van der Waals surface area contributed by atoms with Gasteiger partial charge in [0.05, 0.1) is 6.61 Å². The van der Waals surface area contributed by atoms with E-state index in [1.54, 1.807) is 42.5 Å². The summed E-state index contributed by atoms with van der Waals surface area (Å²) in [4.78, 5) is 47.0. The van der Waals surface area contributed by atoms with E-state index >= 15 is 0 Å². The predicted octanol–water partition coefficient (Wildman–Crippen LogP) is 6.63. The van der Waals surface area contributed by atoms with Crippen molar-refractivity contribution >= 4 is 35.5 Å². The molecular weight excluding hydrogens is 616 g/mol. The van der Waals surface area contributed by atoms with Gasteiger partial charge in [0.25, 0.3) is 0 Å². The summed E-state index contributed by atoms with van der Waals surface area (Å²) < 4.78 is 34.0. The van der Waals surface area contributed by atoms with Gasteiger partial charge in [0.1, 0.15) is 41.1 Å². The van der Waals surface area contributed by atoms with Crippen LogP contribution in [-0.2, 0) is 19.2 Å². The minimum atomic E-state index is -0.490. The number of benzene rings is 4. The molecule has 10 nitrogen and oxygen atoms in total. The molecule has 0 aliphatic carbocycles. The molecule has 6 rings (SSSR count). The standard InChI is InChI=1S/C38H32O10/c1-21(39)45-29-9-5-25(6-10-29)28-15-27-16-33(37(48-24(4)42)18-35(27)43-19-28)38-32-14-13-31(47-23(3)41)17-36(32)44-20-34(38)26-7-11-30(12-8-26)46-22(2)40/h5-18,34,38H,19-20H2,1-4H3. The van der Waals surface area contributed by atoms with E-state index in [9.17, 15) is 19.2 Å². The van der Waals surface area contributed by atoms with Crippen molar-refractivity contribution in [3.63, 3.8) is 0 Å². The average Bonchev–Trinajstić information content (AvgIpc) is 3.03. The Labute approximate surface area is 276 Å². The summed E-state index contributed by atoms with van der Waals surface area (Å²) >= 11 is 0. The molecule has 48 heavy (non-hydrogen) atoms. The predicted molar refractivity (Wildman–Crippen MR) is 174 cm³/mol. The molecule has 4 aromatic rings. The third kappa shape index (κ3) is 7.07. The second-order valence-electron chi connectivity index (χ2n) is 11.4. The summed E-state index contributed by atoms with van der Waals surface area (Å²) in [6, 6.07) is 23.3. The quantitative estimate of drug-likeness (QED) is 0.159. The van der Waals surface area contributed by atoms with Gasteiger partial charge in [-0.25, -0.2) is 0 Å². The second kappa shape index (κ2) is 13.4. The van der Waals surface area contributed by atoms with E-state index in [-0.39, 0.29) is 25.0 Å². The molecule has 10 heteroatoms. The van der Waals surface area contributed by atoms with Crippen LogP contribution < -0.4 is 28.4 Å². The summed E-state index contributed by atoms with van der Waals surface area (Å²) in [7, 11) is 0. The minimum Gasteiger partial charge on any atom is -0.492 e. The van der Waals surface area contributed by atoms with E-state index < -0.39 is 23.9 Å². The molecule has 2 unspecified atom stereocenters. The lowest BCUT2D eigenvalue weighted by molar-refractivity contribution is -0.132. The molecule has 244 valence electrons. The Bertz CT molecular complexity index is 1940. The summed E-state index contributed by atoms with van der Waals surface area (Å²) in [6.07, 6.45) is 2.02. The number of ether oxygens (including phenoxy) is 6. The topological polar surface area (TPSA) is 124 Å². The van der Waals surface area contributed by atoms with Crippen molar-refractivity contribution < 1.29 is 47.6 Å².